The lowest BCUT2D eigenvalue weighted by Gasteiger charge is -2.16. The van der Waals surface area contributed by atoms with Crippen LogP contribution >= 0.6 is 0 Å². The number of rotatable bonds is 9. The van der Waals surface area contributed by atoms with E-state index in [0.717, 1.165) is 11.3 Å². The molecule has 7 heteroatoms. The van der Waals surface area contributed by atoms with Crippen molar-refractivity contribution < 1.29 is 23.5 Å². The van der Waals surface area contributed by atoms with Crippen molar-refractivity contribution in [2.45, 2.75) is 20.3 Å². The van der Waals surface area contributed by atoms with Gasteiger partial charge >= 0.3 is 0 Å². The van der Waals surface area contributed by atoms with Crippen molar-refractivity contribution >= 4 is 28.8 Å². The first-order chi connectivity index (χ1) is 16.5. The Kier molecular flexibility index (Phi) is 6.92. The van der Waals surface area contributed by atoms with Crippen LogP contribution in [0, 0.1) is 5.82 Å². The van der Waals surface area contributed by atoms with Crippen LogP contribution in [-0.4, -0.2) is 25.0 Å². The first-order valence-corrected chi connectivity index (χ1v) is 11.1. The summed E-state index contributed by atoms with van der Waals surface area (Å²) in [6, 6.07) is 19.4. The minimum absolute atomic E-state index is 0.103. The van der Waals surface area contributed by atoms with E-state index in [-0.39, 0.29) is 11.3 Å². The highest BCUT2D eigenvalue weighted by Gasteiger charge is 2.40. The predicted molar refractivity (Wildman–Crippen MR) is 129 cm³/mol. The molecule has 0 aromatic heterocycles. The largest absolute Gasteiger partial charge is 0.494 e. The van der Waals surface area contributed by atoms with Crippen molar-refractivity contribution in [3.8, 4) is 11.5 Å². The van der Waals surface area contributed by atoms with Crippen LogP contribution in [0.5, 0.6) is 11.5 Å². The van der Waals surface area contributed by atoms with Crippen LogP contribution in [0.4, 0.5) is 15.8 Å². The molecule has 6 nitrogen and oxygen atoms in total. The normalized spacial score (nSPS) is 13.4. The molecule has 1 N–H and O–H groups in total. The molecule has 4 rings (SSSR count). The molecule has 0 fully saturated rings. The first-order valence-electron chi connectivity index (χ1n) is 11.1. The van der Waals surface area contributed by atoms with Gasteiger partial charge < -0.3 is 14.8 Å². The molecule has 34 heavy (non-hydrogen) atoms. The zero-order valence-electron chi connectivity index (χ0n) is 19.0. The van der Waals surface area contributed by atoms with Gasteiger partial charge in [-0.05, 0) is 55.3 Å². The maximum atomic E-state index is 13.6. The molecule has 0 bridgehead atoms. The fourth-order valence-corrected chi connectivity index (χ4v) is 3.67. The molecule has 0 radical (unpaired) electrons. The van der Waals surface area contributed by atoms with Crippen molar-refractivity contribution in [3.05, 3.63) is 89.9 Å². The van der Waals surface area contributed by atoms with Gasteiger partial charge in [-0.1, -0.05) is 31.2 Å². The van der Waals surface area contributed by atoms with Crippen LogP contribution in [0.1, 0.15) is 25.8 Å². The summed E-state index contributed by atoms with van der Waals surface area (Å²) in [5, 5.41) is 3.10. The van der Waals surface area contributed by atoms with Gasteiger partial charge in [0, 0.05) is 17.8 Å². The van der Waals surface area contributed by atoms with Crippen LogP contribution in [0.25, 0.3) is 5.57 Å². The summed E-state index contributed by atoms with van der Waals surface area (Å²) in [5.41, 5.74) is 1.67. The monoisotopic (exact) mass is 460 g/mol. The van der Waals surface area contributed by atoms with E-state index in [2.05, 4.69) is 5.32 Å². The summed E-state index contributed by atoms with van der Waals surface area (Å²) >= 11 is 0. The summed E-state index contributed by atoms with van der Waals surface area (Å²) in [4.78, 5) is 28.2. The van der Waals surface area contributed by atoms with Crippen molar-refractivity contribution in [1.82, 2.24) is 0 Å². The van der Waals surface area contributed by atoms with Crippen molar-refractivity contribution in [2.75, 3.05) is 23.4 Å². The molecule has 0 unspecified atom stereocenters. The smallest absolute Gasteiger partial charge is 0.282 e. The fourth-order valence-electron chi connectivity index (χ4n) is 3.67. The van der Waals surface area contributed by atoms with Gasteiger partial charge in [-0.2, -0.15) is 0 Å². The second-order valence-electron chi connectivity index (χ2n) is 7.63. The summed E-state index contributed by atoms with van der Waals surface area (Å²) in [6.07, 6.45) is 0.861. The van der Waals surface area contributed by atoms with E-state index < -0.39 is 17.6 Å². The van der Waals surface area contributed by atoms with Crippen molar-refractivity contribution in [1.29, 1.82) is 0 Å². The standard InChI is InChI=1S/C27H25FN2O4/c1-3-15-34-22-9-5-7-20(16-22)29-25-24(18-11-13-19(28)14-12-18)26(31)30(27(25)32)21-8-6-10-23(17-21)33-4-2/h5-14,16-17,29H,3-4,15H2,1-2H3. The lowest BCUT2D eigenvalue weighted by Crippen LogP contribution is -2.32. The highest BCUT2D eigenvalue weighted by atomic mass is 19.1. The molecule has 3 aromatic rings. The summed E-state index contributed by atoms with van der Waals surface area (Å²) in [5.74, 6) is -0.262. The molecule has 1 aliphatic heterocycles. The Balaban J connectivity index is 1.75. The number of ether oxygens (including phenoxy) is 2. The summed E-state index contributed by atoms with van der Waals surface area (Å²) in [6.45, 7) is 4.88. The second-order valence-corrected chi connectivity index (χ2v) is 7.63. The SMILES string of the molecule is CCCOc1cccc(NC2=C(c3ccc(F)cc3)C(=O)N(c3cccc(OCC)c3)C2=O)c1. The Morgan fingerprint density at radius 3 is 2.26 bits per heavy atom. The molecular formula is C27H25FN2O4. The molecule has 2 amide bonds. The Bertz CT molecular complexity index is 1240. The maximum Gasteiger partial charge on any atom is 0.282 e. The topological polar surface area (TPSA) is 67.9 Å². The van der Waals surface area contributed by atoms with Crippen molar-refractivity contribution in [3.63, 3.8) is 0 Å². The van der Waals surface area contributed by atoms with Crippen LogP contribution in [0.2, 0.25) is 0 Å². The molecule has 1 heterocycles. The number of carbonyl (C=O) groups excluding carboxylic acids is 2. The number of hydrogen-bond acceptors (Lipinski definition) is 5. The minimum atomic E-state index is -0.516. The van der Waals surface area contributed by atoms with Crippen LogP contribution in [-0.2, 0) is 9.59 Å². The molecule has 1 aliphatic rings. The summed E-state index contributed by atoms with van der Waals surface area (Å²) < 4.78 is 24.8. The molecule has 3 aromatic carbocycles. The van der Waals surface area contributed by atoms with Gasteiger partial charge in [0.15, 0.2) is 0 Å². The average molecular weight is 461 g/mol. The van der Waals surface area contributed by atoms with Crippen molar-refractivity contribution in [2.24, 2.45) is 0 Å². The van der Waals surface area contributed by atoms with E-state index in [4.69, 9.17) is 9.47 Å². The summed E-state index contributed by atoms with van der Waals surface area (Å²) in [7, 11) is 0. The Morgan fingerprint density at radius 2 is 1.56 bits per heavy atom. The molecule has 0 atom stereocenters. The Morgan fingerprint density at radius 1 is 0.853 bits per heavy atom. The number of amides is 2. The van der Waals surface area contributed by atoms with Gasteiger partial charge in [0.1, 0.15) is 23.0 Å². The Labute approximate surface area is 197 Å². The minimum Gasteiger partial charge on any atom is -0.494 e. The number of nitrogens with zero attached hydrogens (tertiary/aromatic N) is 1. The highest BCUT2D eigenvalue weighted by molar-refractivity contribution is 6.46. The van der Waals surface area contributed by atoms with E-state index in [0.29, 0.717) is 41.7 Å². The van der Waals surface area contributed by atoms with Crippen LogP contribution in [0.15, 0.2) is 78.5 Å². The predicted octanol–water partition coefficient (Wildman–Crippen LogP) is 5.41. The van der Waals surface area contributed by atoms with E-state index >= 15 is 0 Å². The van der Waals surface area contributed by atoms with Crippen LogP contribution < -0.4 is 19.7 Å². The molecular weight excluding hydrogens is 435 g/mol. The third-order valence-electron chi connectivity index (χ3n) is 5.18. The van der Waals surface area contributed by atoms with E-state index in [1.165, 1.54) is 24.3 Å². The van der Waals surface area contributed by atoms with Gasteiger partial charge in [0.2, 0.25) is 0 Å². The molecule has 0 saturated heterocycles. The number of halogens is 1. The lowest BCUT2D eigenvalue weighted by molar-refractivity contribution is -0.120. The van der Waals surface area contributed by atoms with E-state index in [9.17, 15) is 14.0 Å². The number of imide groups is 1. The first kappa shape index (κ1) is 23.0. The molecule has 174 valence electrons. The third-order valence-corrected chi connectivity index (χ3v) is 5.18. The number of anilines is 2. The fraction of sp³-hybridized carbons (Fsp3) is 0.185. The average Bonchev–Trinajstić information content (AvgIpc) is 3.08. The van der Waals surface area contributed by atoms with E-state index in [1.54, 1.807) is 42.5 Å². The molecule has 0 aliphatic carbocycles. The van der Waals surface area contributed by atoms with Gasteiger partial charge in [-0.15, -0.1) is 0 Å². The number of hydrogen-bond donors (Lipinski definition) is 1. The second kappa shape index (κ2) is 10.2. The van der Waals surface area contributed by atoms with Gasteiger partial charge in [-0.3, -0.25) is 9.59 Å². The number of carbonyl (C=O) groups is 2. The van der Waals surface area contributed by atoms with Gasteiger partial charge in [0.05, 0.1) is 24.5 Å². The quantitative estimate of drug-likeness (QED) is 0.433. The van der Waals surface area contributed by atoms with E-state index in [1.807, 2.05) is 19.9 Å². The third kappa shape index (κ3) is 4.78. The van der Waals surface area contributed by atoms with Gasteiger partial charge in [0.25, 0.3) is 11.8 Å². The highest BCUT2D eigenvalue weighted by Crippen LogP contribution is 2.35. The van der Waals surface area contributed by atoms with Crippen LogP contribution in [0.3, 0.4) is 0 Å². The van der Waals surface area contributed by atoms with Gasteiger partial charge in [-0.25, -0.2) is 9.29 Å². The molecule has 0 saturated carbocycles. The Hall–Kier alpha value is -4.13. The lowest BCUT2D eigenvalue weighted by atomic mass is 10.0. The number of benzene rings is 3. The molecule has 0 spiro atoms. The zero-order valence-corrected chi connectivity index (χ0v) is 19.0. The zero-order chi connectivity index (χ0) is 24.1. The number of nitrogens with one attached hydrogen (secondary N) is 1. The maximum absolute atomic E-state index is 13.6.